The van der Waals surface area contributed by atoms with Gasteiger partial charge in [-0.3, -0.25) is 4.79 Å². The quantitative estimate of drug-likeness (QED) is 0.201. The molecule has 2 saturated carbocycles. The van der Waals surface area contributed by atoms with E-state index in [1.54, 1.807) is 0 Å². The number of rotatable bonds is 5. The minimum absolute atomic E-state index is 0.0248. The summed E-state index contributed by atoms with van der Waals surface area (Å²) in [4.78, 5) is 16.2. The van der Waals surface area contributed by atoms with Gasteiger partial charge in [0.25, 0.3) is 0 Å². The molecule has 0 saturated heterocycles. The first-order valence-corrected chi connectivity index (χ1v) is 19.3. The Hall–Kier alpha value is -2.41. The van der Waals surface area contributed by atoms with Crippen LogP contribution in [-0.4, -0.2) is 24.5 Å². The molecule has 3 aromatic rings. The van der Waals surface area contributed by atoms with Crippen LogP contribution < -0.4 is 0 Å². The van der Waals surface area contributed by atoms with E-state index in [1.807, 2.05) is 13.8 Å². The first kappa shape index (κ1) is 36.4. The lowest BCUT2D eigenvalue weighted by atomic mass is 9.70. The van der Waals surface area contributed by atoms with Crippen LogP contribution in [0, 0.1) is 16.7 Å². The Kier molecular flexibility index (Phi) is 9.94. The van der Waals surface area contributed by atoms with Gasteiger partial charge in [-0.2, -0.15) is 0 Å². The van der Waals surface area contributed by atoms with Crippen molar-refractivity contribution >= 4 is 26.8 Å². The molecule has 2 fully saturated rings. The van der Waals surface area contributed by atoms with Gasteiger partial charge in [-0.05, 0) is 58.6 Å². The van der Waals surface area contributed by atoms with E-state index in [1.165, 1.54) is 31.4 Å². The van der Waals surface area contributed by atoms with E-state index in [-0.39, 0.29) is 44.3 Å². The minimum Gasteiger partial charge on any atom is -0.748 e. The van der Waals surface area contributed by atoms with E-state index in [2.05, 4.69) is 135 Å². The van der Waals surface area contributed by atoms with Gasteiger partial charge in [0.1, 0.15) is 16.7 Å². The Balaban J connectivity index is 0.000000266. The van der Waals surface area contributed by atoms with Gasteiger partial charge in [0.2, 0.25) is 0 Å². The van der Waals surface area contributed by atoms with Crippen LogP contribution in [0.3, 0.4) is 0 Å². The first-order valence-electron chi connectivity index (χ1n) is 16.5. The molecule has 2 bridgehead atoms. The highest BCUT2D eigenvalue weighted by Crippen LogP contribution is 2.64. The van der Waals surface area contributed by atoms with Crippen molar-refractivity contribution < 1.29 is 17.8 Å². The zero-order valence-electron chi connectivity index (χ0n) is 29.8. The summed E-state index contributed by atoms with van der Waals surface area (Å²) in [6.07, 6.45) is 1.88. The molecule has 2 atom stereocenters. The molecule has 2 aliphatic rings. The number of benzene rings is 3. The molecule has 46 heavy (non-hydrogen) atoms. The van der Waals surface area contributed by atoms with Gasteiger partial charge in [0.15, 0.2) is 14.7 Å². The fourth-order valence-electron chi connectivity index (χ4n) is 7.56. The molecule has 0 aromatic heterocycles. The van der Waals surface area contributed by atoms with Gasteiger partial charge in [0, 0.05) is 28.5 Å². The normalized spacial score (nSPS) is 21.3. The van der Waals surface area contributed by atoms with Gasteiger partial charge in [-0.25, -0.2) is 8.42 Å². The van der Waals surface area contributed by atoms with Crippen molar-refractivity contribution in [2.45, 2.75) is 126 Å². The van der Waals surface area contributed by atoms with Crippen molar-refractivity contribution in [2.24, 2.45) is 16.7 Å². The number of fused-ring (bicyclic) bond motifs is 2. The maximum Gasteiger partial charge on any atom is 0.170 e. The van der Waals surface area contributed by atoms with Crippen LogP contribution in [0.4, 0.5) is 0 Å². The minimum atomic E-state index is -4.33. The molecule has 2 unspecified atom stereocenters. The van der Waals surface area contributed by atoms with Crippen LogP contribution in [-0.2, 0) is 42.1 Å². The van der Waals surface area contributed by atoms with Crippen LogP contribution in [0.15, 0.2) is 87.5 Å². The highest BCUT2D eigenvalue weighted by Gasteiger charge is 2.64. The van der Waals surface area contributed by atoms with E-state index in [0.29, 0.717) is 12.8 Å². The predicted octanol–water partition coefficient (Wildman–Crippen LogP) is 9.60. The van der Waals surface area contributed by atoms with Gasteiger partial charge in [0.05, 0.1) is 15.9 Å². The van der Waals surface area contributed by atoms with E-state index in [4.69, 9.17) is 0 Å². The Morgan fingerprint density at radius 2 is 1.04 bits per heavy atom. The third-order valence-corrected chi connectivity index (χ3v) is 13.5. The highest BCUT2D eigenvalue weighted by molar-refractivity contribution is 7.97. The first-order chi connectivity index (χ1) is 21.0. The molecule has 5 rings (SSSR count). The highest BCUT2D eigenvalue weighted by atomic mass is 32.2. The van der Waals surface area contributed by atoms with Crippen molar-refractivity contribution in [3.05, 3.63) is 89.5 Å². The third kappa shape index (κ3) is 7.19. The predicted molar refractivity (Wildman–Crippen MR) is 191 cm³/mol. The molecule has 0 N–H and O–H groups in total. The van der Waals surface area contributed by atoms with Crippen LogP contribution in [0.2, 0.25) is 0 Å². The van der Waals surface area contributed by atoms with Gasteiger partial charge in [-0.15, -0.1) is 0 Å². The number of ketones is 1. The largest absolute Gasteiger partial charge is 0.748 e. The molecule has 4 nitrogen and oxygen atoms in total. The fourth-order valence-corrected chi connectivity index (χ4v) is 12.0. The molecule has 0 spiro atoms. The van der Waals surface area contributed by atoms with Gasteiger partial charge in [-0.1, -0.05) is 131 Å². The molecular weight excluding hydrogens is 609 g/mol. The summed E-state index contributed by atoms with van der Waals surface area (Å²) >= 11 is 0. The fraction of sp³-hybridized carbons (Fsp3) is 0.525. The van der Waals surface area contributed by atoms with E-state index in [0.717, 1.165) is 6.42 Å². The van der Waals surface area contributed by atoms with Crippen molar-refractivity contribution in [3.63, 3.8) is 0 Å². The van der Waals surface area contributed by atoms with Gasteiger partial charge >= 0.3 is 0 Å². The molecule has 0 radical (unpaired) electrons. The molecule has 2 aliphatic carbocycles. The summed E-state index contributed by atoms with van der Waals surface area (Å²) in [7, 11) is -4.51. The molecule has 3 aromatic carbocycles. The second-order valence-corrected chi connectivity index (χ2v) is 20.2. The lowest BCUT2D eigenvalue weighted by Crippen LogP contribution is -2.42. The topological polar surface area (TPSA) is 74.3 Å². The Morgan fingerprint density at radius 3 is 1.30 bits per heavy atom. The maximum atomic E-state index is 11.8. The molecule has 0 aliphatic heterocycles. The lowest BCUT2D eigenvalue weighted by molar-refractivity contribution is -0.128. The van der Waals surface area contributed by atoms with Gasteiger partial charge < -0.3 is 4.55 Å². The average Bonchev–Trinajstić information content (AvgIpc) is 3.26. The Labute approximate surface area is 281 Å². The second-order valence-electron chi connectivity index (χ2n) is 16.9. The maximum absolute atomic E-state index is 11.8. The summed E-state index contributed by atoms with van der Waals surface area (Å²) in [6, 6.07) is 27.3. The summed E-state index contributed by atoms with van der Waals surface area (Å²) in [5, 5.41) is 0. The Morgan fingerprint density at radius 1 is 0.696 bits per heavy atom. The molecule has 250 valence electrons. The molecule has 0 amide bonds. The monoisotopic (exact) mass is 662 g/mol. The Bertz CT molecular complexity index is 1550. The average molecular weight is 663 g/mol. The summed E-state index contributed by atoms with van der Waals surface area (Å²) in [5.74, 6) is -0.280. The van der Waals surface area contributed by atoms with Crippen molar-refractivity contribution in [1.29, 1.82) is 0 Å². The summed E-state index contributed by atoms with van der Waals surface area (Å²) < 4.78 is 32.7. The van der Waals surface area contributed by atoms with Crippen molar-refractivity contribution in [2.75, 3.05) is 5.75 Å². The molecule has 6 heteroatoms. The van der Waals surface area contributed by atoms with Crippen LogP contribution in [0.1, 0.15) is 112 Å². The molecular formula is C40H54O4S2. The zero-order valence-corrected chi connectivity index (χ0v) is 31.4. The number of hydrogen-bond donors (Lipinski definition) is 0. The molecule has 0 heterocycles. The number of carbonyl (C=O) groups is 1. The smallest absolute Gasteiger partial charge is 0.170 e. The lowest BCUT2D eigenvalue weighted by Gasteiger charge is -2.37. The number of carbonyl (C=O) groups excluding carboxylic acids is 1. The van der Waals surface area contributed by atoms with Crippen molar-refractivity contribution in [1.82, 2.24) is 0 Å². The van der Waals surface area contributed by atoms with E-state index in [9.17, 15) is 17.8 Å². The van der Waals surface area contributed by atoms with Crippen LogP contribution >= 0.6 is 0 Å². The van der Waals surface area contributed by atoms with E-state index >= 15 is 0 Å². The second kappa shape index (κ2) is 12.6. The number of hydrogen-bond acceptors (Lipinski definition) is 4. The third-order valence-electron chi connectivity index (χ3n) is 10.3. The van der Waals surface area contributed by atoms with E-state index < -0.39 is 21.3 Å². The SMILES string of the molecule is CC(C)(C)c1ccccc1[S+](c1ccccc1C(C)(C)C)c1ccccc1C(C)(C)C.CC1(C)C2CCC1(CS(=O)(=O)[O-])C(=O)C2. The summed E-state index contributed by atoms with van der Waals surface area (Å²) in [6.45, 7) is 24.8. The standard InChI is InChI=1S/C30H39S.C10H16O4S/c1-28(2,3)22-16-10-13-19-25(22)31(26-20-14-11-17-23(26)29(4,5)6)27-21-15-12-18-24(27)30(7,8)9;1-9(2)7-3-4-10(9,8(11)5-7)6-15(12,13)14/h10-21H,1-9H3;7H,3-6H2,1-2H3,(H,12,13,14)/q+1;/p-1. The number of Topliss-reactive ketones (excluding diaryl/α,β-unsaturated/α-hetero) is 1. The summed E-state index contributed by atoms with van der Waals surface area (Å²) in [5.41, 5.74) is 3.32. The zero-order chi connectivity index (χ0) is 34.5. The van der Waals surface area contributed by atoms with Crippen LogP contribution in [0.5, 0.6) is 0 Å². The van der Waals surface area contributed by atoms with Crippen LogP contribution in [0.25, 0.3) is 0 Å². The van der Waals surface area contributed by atoms with Crippen molar-refractivity contribution in [3.8, 4) is 0 Å².